The molecule has 2 heterocycles. The number of ether oxygens (including phenoxy) is 3. The van der Waals surface area contributed by atoms with Crippen LogP contribution in [-0.2, 0) is 23.8 Å². The molecule has 0 aromatic heterocycles. The molecule has 0 unspecified atom stereocenters. The van der Waals surface area contributed by atoms with Crippen molar-refractivity contribution in [3.8, 4) is 0 Å². The van der Waals surface area contributed by atoms with Gasteiger partial charge in [0, 0.05) is 81.9 Å². The molecule has 2 aliphatic heterocycles. The van der Waals surface area contributed by atoms with Gasteiger partial charge in [-0.15, -0.1) is 0 Å². The van der Waals surface area contributed by atoms with E-state index in [4.69, 9.17) is 19.9 Å². The van der Waals surface area contributed by atoms with E-state index in [1.807, 2.05) is 13.0 Å². The van der Waals surface area contributed by atoms with E-state index >= 15 is 0 Å². The van der Waals surface area contributed by atoms with Crippen molar-refractivity contribution in [2.45, 2.75) is 276 Å². The zero-order valence-electron chi connectivity index (χ0n) is 51.6. The van der Waals surface area contributed by atoms with Crippen molar-refractivity contribution >= 4 is 17.9 Å². The molecule has 82 heavy (non-hydrogen) atoms. The average Bonchev–Trinajstić information content (AvgIpc) is 3.42. The van der Waals surface area contributed by atoms with E-state index in [-0.39, 0.29) is 69.6 Å². The standard InChI is InChI=1S/C64H113N3O15/c1-41(2)24-18-14-13-16-20-30-59(76)80-51-35-49(68)34-50(69)36-54(71)42(3)26-22-28-46(7)60(45(6)25-19-15-11-12-17-21-33-67-63(65)66-10)81-62(78)47(8)29-23-27-43(4)55(72)39-56(73)48(9)53(70)32-31-44(5)58(75)40-64(79)61(77)57(74)38-52(37-51)82-64/h11-12,22-23,26-29,41,43-46,48-58,60-61,68-75,77,79H,13-21,24-25,30-40H2,1-10H3,(H3,65,66,67)/b12-11+,27-23+,28-22+,42-26+,47-29+/t43-,44-,45-,46+,48-,49+,50+,51-,52-,53+,54-,55-,56-,57+,58-,60-,61-,64+/m0/s1. The monoisotopic (exact) mass is 1160 g/mol. The molecule has 1 fully saturated rings. The lowest BCUT2D eigenvalue weighted by molar-refractivity contribution is -0.333. The number of nitrogens with one attached hydrogen (secondary N) is 1. The van der Waals surface area contributed by atoms with Gasteiger partial charge in [0.2, 0.25) is 0 Å². The van der Waals surface area contributed by atoms with E-state index in [0.29, 0.717) is 29.4 Å². The fraction of sp³-hybridized carbons (Fsp3) is 0.797. The normalized spacial score (nSPS) is 36.2. The van der Waals surface area contributed by atoms with Crippen LogP contribution in [-0.4, -0.2) is 162 Å². The summed E-state index contributed by atoms with van der Waals surface area (Å²) in [5, 5.41) is 116. The minimum Gasteiger partial charge on any atom is -0.462 e. The van der Waals surface area contributed by atoms with E-state index in [1.165, 1.54) is 0 Å². The van der Waals surface area contributed by atoms with E-state index in [1.54, 1.807) is 72.0 Å². The summed E-state index contributed by atoms with van der Waals surface area (Å²) in [6.45, 7) is 17.6. The first-order chi connectivity index (χ1) is 38.7. The number of unbranched alkanes of at least 4 members (excludes halogenated alkanes) is 6. The van der Waals surface area contributed by atoms with Gasteiger partial charge in [0.25, 0.3) is 0 Å². The van der Waals surface area contributed by atoms with E-state index in [2.05, 4.69) is 43.2 Å². The van der Waals surface area contributed by atoms with Gasteiger partial charge in [0.05, 0.1) is 54.9 Å². The van der Waals surface area contributed by atoms with Crippen LogP contribution in [0.4, 0.5) is 0 Å². The van der Waals surface area contributed by atoms with Gasteiger partial charge in [-0.25, -0.2) is 4.79 Å². The molecular weight excluding hydrogens is 1050 g/mol. The number of nitrogens with two attached hydrogens (primary N) is 1. The number of fused-ring (bicyclic) bond motifs is 2. The number of rotatable bonds is 18. The molecule has 0 spiro atoms. The highest BCUT2D eigenvalue weighted by atomic mass is 16.7. The third-order valence-corrected chi connectivity index (χ3v) is 16.6. The summed E-state index contributed by atoms with van der Waals surface area (Å²) in [6, 6.07) is 0. The first kappa shape index (κ1) is 74.6. The maximum atomic E-state index is 13.7. The molecule has 2 rings (SSSR count). The van der Waals surface area contributed by atoms with Crippen LogP contribution < -0.4 is 11.1 Å². The van der Waals surface area contributed by atoms with Crippen LogP contribution in [0.3, 0.4) is 0 Å². The Hall–Kier alpha value is -3.53. The van der Waals surface area contributed by atoms with Crippen LogP contribution >= 0.6 is 0 Å². The number of aliphatic imine (C=N–C) groups is 1. The zero-order valence-corrected chi connectivity index (χ0v) is 51.6. The molecule has 18 atom stereocenters. The molecule has 18 nitrogen and oxygen atoms in total. The summed E-state index contributed by atoms with van der Waals surface area (Å²) >= 11 is 0. The Balaban J connectivity index is 2.43. The lowest BCUT2D eigenvalue weighted by Crippen LogP contribution is -2.60. The van der Waals surface area contributed by atoms with Crippen molar-refractivity contribution in [2.24, 2.45) is 46.2 Å². The fourth-order valence-corrected chi connectivity index (χ4v) is 10.7. The number of hydrogen-bond acceptors (Lipinski definition) is 16. The number of cyclic esters (lactones) is 1. The van der Waals surface area contributed by atoms with Crippen molar-refractivity contribution < 1.29 is 74.9 Å². The minimum atomic E-state index is -2.43. The molecule has 1 saturated heterocycles. The predicted octanol–water partition coefficient (Wildman–Crippen LogP) is 7.28. The van der Waals surface area contributed by atoms with Crippen molar-refractivity contribution in [3.63, 3.8) is 0 Å². The number of hydrogen-bond donors (Lipinski definition) is 12. The number of guanidine groups is 1. The Labute approximate surface area is 492 Å². The number of carbonyl (C=O) groups excluding carboxylic acids is 2. The first-order valence-corrected chi connectivity index (χ1v) is 30.9. The molecule has 0 saturated carbocycles. The summed E-state index contributed by atoms with van der Waals surface area (Å²) in [7, 11) is 1.64. The Kier molecular flexibility index (Phi) is 36.3. The van der Waals surface area contributed by atoms with Gasteiger partial charge in [-0.3, -0.25) is 9.79 Å². The van der Waals surface area contributed by atoms with Crippen LogP contribution in [0.25, 0.3) is 0 Å². The van der Waals surface area contributed by atoms with E-state index < -0.39 is 115 Å². The van der Waals surface area contributed by atoms with Gasteiger partial charge in [0.1, 0.15) is 18.3 Å². The van der Waals surface area contributed by atoms with Gasteiger partial charge < -0.3 is 76.3 Å². The summed E-state index contributed by atoms with van der Waals surface area (Å²) in [5.74, 6) is -4.37. The molecule has 0 radical (unpaired) electrons. The molecule has 0 aromatic rings. The Bertz CT molecular complexity index is 1980. The average molecular weight is 1160 g/mol. The lowest BCUT2D eigenvalue weighted by atomic mass is 9.84. The molecule has 0 aliphatic carbocycles. The molecule has 0 aromatic carbocycles. The minimum absolute atomic E-state index is 0.0392. The Morgan fingerprint density at radius 2 is 1.38 bits per heavy atom. The number of aliphatic hydroxyl groups is 10. The van der Waals surface area contributed by atoms with Crippen LogP contribution in [0.15, 0.2) is 64.7 Å². The molecule has 0 amide bonds. The summed E-state index contributed by atoms with van der Waals surface area (Å²) in [5.41, 5.74) is 6.60. The highest BCUT2D eigenvalue weighted by molar-refractivity contribution is 5.88. The zero-order chi connectivity index (χ0) is 61.5. The molecular formula is C64H113N3O15. The second-order valence-corrected chi connectivity index (χ2v) is 24.7. The van der Waals surface area contributed by atoms with Gasteiger partial charge >= 0.3 is 11.9 Å². The van der Waals surface area contributed by atoms with Gasteiger partial charge in [-0.1, -0.05) is 129 Å². The topological polar surface area (TPSA) is 315 Å². The Morgan fingerprint density at radius 3 is 2.06 bits per heavy atom. The third kappa shape index (κ3) is 29.5. The lowest BCUT2D eigenvalue weighted by Gasteiger charge is -2.45. The highest BCUT2D eigenvalue weighted by Gasteiger charge is 2.50. The fourth-order valence-electron chi connectivity index (χ4n) is 10.7. The SMILES string of the molecule is CN=C(N)NCCC/C=C/CCC[C@H](C)[C@@H]1OC(=O)/C(C)=C/C=C/[C@H](C)[C@@H](O)C[C@H](O)[C@@H](C)[C@H](O)CC[C@H](C)[C@@H](O)C[C@@]2(O)O[C@@H](C[C@@H](OC(=O)CCCCCCCC(C)C)C[C@H](O)C[C@@H](O)C[C@H](O)/C(C)=C/C=C/[C@H]1C)C[C@@H](O)[C@@H]2O. The number of carbonyl (C=O) groups is 2. The van der Waals surface area contributed by atoms with Crippen LogP contribution in [0, 0.1) is 35.5 Å². The smallest absolute Gasteiger partial charge is 0.334 e. The molecule has 18 heteroatoms. The van der Waals surface area contributed by atoms with E-state index in [9.17, 15) is 60.7 Å². The number of esters is 2. The van der Waals surface area contributed by atoms with Gasteiger partial charge in [-0.05, 0) is 95.0 Å². The number of nitrogens with zero attached hydrogens (tertiary/aromatic N) is 1. The summed E-state index contributed by atoms with van der Waals surface area (Å²) in [6.07, 6.45) is 10.3. The second-order valence-electron chi connectivity index (χ2n) is 24.7. The number of allylic oxidation sites excluding steroid dienone is 6. The highest BCUT2D eigenvalue weighted by Crippen LogP contribution is 2.36. The molecule has 2 aliphatic rings. The molecule has 13 N–H and O–H groups in total. The molecule has 474 valence electrons. The maximum Gasteiger partial charge on any atom is 0.334 e. The number of aliphatic hydroxyl groups excluding tert-OH is 9. The first-order valence-electron chi connectivity index (χ1n) is 30.9. The largest absolute Gasteiger partial charge is 0.462 e. The van der Waals surface area contributed by atoms with Gasteiger partial charge in [-0.2, -0.15) is 0 Å². The summed E-state index contributed by atoms with van der Waals surface area (Å²) < 4.78 is 18.2. The van der Waals surface area contributed by atoms with Crippen LogP contribution in [0.1, 0.15) is 197 Å². The van der Waals surface area contributed by atoms with Crippen molar-refractivity contribution in [1.29, 1.82) is 0 Å². The van der Waals surface area contributed by atoms with Crippen LogP contribution in [0.2, 0.25) is 0 Å². The summed E-state index contributed by atoms with van der Waals surface area (Å²) in [4.78, 5) is 30.9. The van der Waals surface area contributed by atoms with E-state index in [0.717, 1.165) is 70.8 Å². The Morgan fingerprint density at radius 1 is 0.744 bits per heavy atom. The molecule has 2 bridgehead atoms. The second kappa shape index (κ2) is 40.0. The van der Waals surface area contributed by atoms with Crippen molar-refractivity contribution in [2.75, 3.05) is 13.6 Å². The predicted molar refractivity (Wildman–Crippen MR) is 322 cm³/mol. The van der Waals surface area contributed by atoms with Crippen molar-refractivity contribution in [1.82, 2.24) is 5.32 Å². The quantitative estimate of drug-likeness (QED) is 0.0211. The van der Waals surface area contributed by atoms with Gasteiger partial charge in [0.15, 0.2) is 11.7 Å². The van der Waals surface area contributed by atoms with Crippen molar-refractivity contribution in [3.05, 3.63) is 59.8 Å². The third-order valence-electron chi connectivity index (χ3n) is 16.6. The van der Waals surface area contributed by atoms with Crippen LogP contribution in [0.5, 0.6) is 0 Å². The maximum absolute atomic E-state index is 13.7.